The molecule has 0 aliphatic carbocycles. The van der Waals surface area contributed by atoms with E-state index in [0.717, 1.165) is 6.42 Å². The molecule has 0 N–H and O–H groups in total. The zero-order chi connectivity index (χ0) is 18.2. The minimum Gasteiger partial charge on any atom is -0.495 e. The molecule has 1 aromatic carbocycles. The van der Waals surface area contributed by atoms with E-state index in [1.165, 1.54) is 11.4 Å². The van der Waals surface area contributed by atoms with E-state index in [0.29, 0.717) is 31.9 Å². The highest BCUT2D eigenvalue weighted by atomic mass is 32.2. The molecule has 8 heteroatoms. The number of methoxy groups -OCH3 is 1. The fraction of sp³-hybridized carbons (Fsp3) is 0.588. The smallest absolute Gasteiger partial charge is 0.247 e. The Morgan fingerprint density at radius 3 is 2.44 bits per heavy atom. The van der Waals surface area contributed by atoms with Crippen molar-refractivity contribution in [3.63, 3.8) is 0 Å². The van der Waals surface area contributed by atoms with Gasteiger partial charge in [0.1, 0.15) is 10.6 Å². The minimum atomic E-state index is -3.78. The Morgan fingerprint density at radius 2 is 1.88 bits per heavy atom. The van der Waals surface area contributed by atoms with Crippen LogP contribution in [0.1, 0.15) is 26.7 Å². The number of anilines is 1. The highest BCUT2D eigenvalue weighted by molar-refractivity contribution is 7.89. The summed E-state index contributed by atoms with van der Waals surface area (Å²) >= 11 is 0. The van der Waals surface area contributed by atoms with Crippen molar-refractivity contribution in [3.8, 4) is 5.75 Å². The van der Waals surface area contributed by atoms with Crippen LogP contribution in [0.25, 0.3) is 0 Å². The maximum Gasteiger partial charge on any atom is 0.247 e. The lowest BCUT2D eigenvalue weighted by Gasteiger charge is -2.37. The Kier molecular flexibility index (Phi) is 5.04. The molecular formula is C17H24N2O5S. The van der Waals surface area contributed by atoms with E-state index < -0.39 is 10.0 Å². The van der Waals surface area contributed by atoms with Crippen molar-refractivity contribution in [1.82, 2.24) is 4.31 Å². The van der Waals surface area contributed by atoms with E-state index in [1.807, 2.05) is 13.8 Å². The molecule has 1 amide bonds. The first-order chi connectivity index (χ1) is 11.9. The summed E-state index contributed by atoms with van der Waals surface area (Å²) in [4.78, 5) is 13.7. The van der Waals surface area contributed by atoms with Crippen LogP contribution in [0.3, 0.4) is 0 Å². The van der Waals surface area contributed by atoms with Crippen molar-refractivity contribution in [2.45, 2.75) is 43.7 Å². The van der Waals surface area contributed by atoms with Gasteiger partial charge >= 0.3 is 0 Å². The third kappa shape index (κ3) is 3.26. The van der Waals surface area contributed by atoms with Crippen LogP contribution < -0.4 is 9.64 Å². The van der Waals surface area contributed by atoms with Crippen molar-refractivity contribution in [2.24, 2.45) is 0 Å². The molecule has 25 heavy (non-hydrogen) atoms. The van der Waals surface area contributed by atoms with Crippen molar-refractivity contribution in [2.75, 3.05) is 31.8 Å². The molecular weight excluding hydrogens is 344 g/mol. The number of carbonyl (C=O) groups is 1. The van der Waals surface area contributed by atoms with E-state index in [9.17, 15) is 13.2 Å². The zero-order valence-corrected chi connectivity index (χ0v) is 15.6. The topological polar surface area (TPSA) is 76.2 Å². The number of nitrogens with zero attached hydrogens (tertiary/aromatic N) is 2. The van der Waals surface area contributed by atoms with Gasteiger partial charge in [-0.3, -0.25) is 4.79 Å². The third-order valence-electron chi connectivity index (χ3n) is 4.67. The first-order valence-corrected chi connectivity index (χ1v) is 9.90. The predicted octanol–water partition coefficient (Wildman–Crippen LogP) is 1.62. The largest absolute Gasteiger partial charge is 0.495 e. The standard InChI is InChI=1S/C17H24N2O5S/c1-12-10-24-11-13(2)19(12)25(21,22)16-9-14(6-7-15(16)23-3)18-8-4-5-17(18)20/h6-7,9,12-13H,4-5,8,10-11H2,1-3H3. The van der Waals surface area contributed by atoms with Gasteiger partial charge in [0, 0.05) is 30.7 Å². The molecule has 0 radical (unpaired) electrons. The Labute approximate surface area is 148 Å². The lowest BCUT2D eigenvalue weighted by molar-refractivity contribution is -0.117. The van der Waals surface area contributed by atoms with Crippen LogP contribution in [0.5, 0.6) is 5.75 Å². The molecule has 0 spiro atoms. The van der Waals surface area contributed by atoms with Crippen LogP contribution >= 0.6 is 0 Å². The van der Waals surface area contributed by atoms with Crippen molar-refractivity contribution < 1.29 is 22.7 Å². The second-order valence-electron chi connectivity index (χ2n) is 6.55. The normalized spacial score (nSPS) is 25.4. The molecule has 0 bridgehead atoms. The molecule has 2 aliphatic rings. The number of amides is 1. The number of morpholine rings is 1. The Hall–Kier alpha value is -1.64. The summed E-state index contributed by atoms with van der Waals surface area (Å²) < 4.78 is 38.9. The molecule has 0 aromatic heterocycles. The second kappa shape index (κ2) is 6.93. The number of sulfonamides is 1. The summed E-state index contributed by atoms with van der Waals surface area (Å²) in [5.74, 6) is 0.294. The van der Waals surface area contributed by atoms with Gasteiger partial charge < -0.3 is 14.4 Å². The van der Waals surface area contributed by atoms with E-state index in [2.05, 4.69) is 0 Å². The van der Waals surface area contributed by atoms with Gasteiger partial charge in [-0.25, -0.2) is 8.42 Å². The van der Waals surface area contributed by atoms with Gasteiger partial charge in [-0.1, -0.05) is 0 Å². The molecule has 2 unspecified atom stereocenters. The average molecular weight is 368 g/mol. The molecule has 138 valence electrons. The number of hydrogen-bond acceptors (Lipinski definition) is 5. The molecule has 7 nitrogen and oxygen atoms in total. The van der Waals surface area contributed by atoms with Gasteiger partial charge in [0.2, 0.25) is 15.9 Å². The van der Waals surface area contributed by atoms with E-state index >= 15 is 0 Å². The SMILES string of the molecule is COc1ccc(N2CCCC2=O)cc1S(=O)(=O)N1C(C)COCC1C. The maximum absolute atomic E-state index is 13.3. The lowest BCUT2D eigenvalue weighted by atomic mass is 10.2. The fourth-order valence-corrected chi connectivity index (χ4v) is 5.51. The average Bonchev–Trinajstić information content (AvgIpc) is 3.00. The molecule has 2 aliphatic heterocycles. The molecule has 3 rings (SSSR count). The van der Waals surface area contributed by atoms with Gasteiger partial charge in [0.25, 0.3) is 0 Å². The summed E-state index contributed by atoms with van der Waals surface area (Å²) in [5, 5.41) is 0. The fourth-order valence-electron chi connectivity index (χ4n) is 3.53. The molecule has 2 atom stereocenters. The number of carbonyl (C=O) groups excluding carboxylic acids is 1. The van der Waals surface area contributed by atoms with Crippen LogP contribution in [0.15, 0.2) is 23.1 Å². The quantitative estimate of drug-likeness (QED) is 0.807. The third-order valence-corrected chi connectivity index (χ3v) is 6.82. The molecule has 2 fully saturated rings. The highest BCUT2D eigenvalue weighted by Crippen LogP contribution is 2.34. The summed E-state index contributed by atoms with van der Waals surface area (Å²) in [6.07, 6.45) is 1.27. The van der Waals surface area contributed by atoms with Crippen LogP contribution in [0, 0.1) is 0 Å². The van der Waals surface area contributed by atoms with Crippen molar-refractivity contribution in [1.29, 1.82) is 0 Å². The van der Waals surface area contributed by atoms with Gasteiger partial charge in [0.05, 0.1) is 20.3 Å². The van der Waals surface area contributed by atoms with Gasteiger partial charge in [-0.15, -0.1) is 0 Å². The van der Waals surface area contributed by atoms with Gasteiger partial charge in [0.15, 0.2) is 0 Å². The monoisotopic (exact) mass is 368 g/mol. The van der Waals surface area contributed by atoms with Gasteiger partial charge in [-0.2, -0.15) is 4.31 Å². The first kappa shape index (κ1) is 18.2. The maximum atomic E-state index is 13.3. The van der Waals surface area contributed by atoms with Crippen molar-refractivity contribution >= 4 is 21.6 Å². The van der Waals surface area contributed by atoms with Crippen LogP contribution in [-0.2, 0) is 19.6 Å². The van der Waals surface area contributed by atoms with Crippen LogP contribution in [0.4, 0.5) is 5.69 Å². The summed E-state index contributed by atoms with van der Waals surface area (Å²) in [6.45, 7) is 4.97. The van der Waals surface area contributed by atoms with Crippen LogP contribution in [0.2, 0.25) is 0 Å². The van der Waals surface area contributed by atoms with E-state index in [-0.39, 0.29) is 28.6 Å². The molecule has 2 saturated heterocycles. The van der Waals surface area contributed by atoms with Gasteiger partial charge in [-0.05, 0) is 38.5 Å². The Morgan fingerprint density at radius 1 is 1.20 bits per heavy atom. The molecule has 1 aromatic rings. The first-order valence-electron chi connectivity index (χ1n) is 8.46. The number of hydrogen-bond donors (Lipinski definition) is 0. The highest BCUT2D eigenvalue weighted by Gasteiger charge is 2.38. The number of ether oxygens (including phenoxy) is 2. The minimum absolute atomic E-state index is 0.0154. The Bertz CT molecular complexity index is 754. The Balaban J connectivity index is 2.06. The van der Waals surface area contributed by atoms with Crippen LogP contribution in [-0.4, -0.2) is 57.6 Å². The summed E-state index contributed by atoms with van der Waals surface area (Å²) in [5.41, 5.74) is 0.593. The molecule has 2 heterocycles. The predicted molar refractivity (Wildman–Crippen MR) is 93.3 cm³/mol. The summed E-state index contributed by atoms with van der Waals surface area (Å²) in [7, 11) is -2.34. The van der Waals surface area contributed by atoms with E-state index in [1.54, 1.807) is 23.1 Å². The number of benzene rings is 1. The molecule has 0 saturated carbocycles. The number of rotatable bonds is 4. The van der Waals surface area contributed by atoms with Crippen molar-refractivity contribution in [3.05, 3.63) is 18.2 Å². The zero-order valence-electron chi connectivity index (χ0n) is 14.8. The summed E-state index contributed by atoms with van der Waals surface area (Å²) in [6, 6.07) is 4.36. The lowest BCUT2D eigenvalue weighted by Crippen LogP contribution is -2.52. The van der Waals surface area contributed by atoms with E-state index in [4.69, 9.17) is 9.47 Å². The second-order valence-corrected chi connectivity index (χ2v) is 8.37.